The van der Waals surface area contributed by atoms with Crippen LogP contribution in [-0.4, -0.2) is 45.4 Å². The average Bonchev–Trinajstić information content (AvgIpc) is 2.83. The topological polar surface area (TPSA) is 46.6 Å². The van der Waals surface area contributed by atoms with E-state index in [2.05, 4.69) is 0 Å². The molecule has 0 saturated carbocycles. The van der Waals surface area contributed by atoms with Gasteiger partial charge in [-0.25, -0.2) is 8.42 Å². The second-order valence-corrected chi connectivity index (χ2v) is 7.52. The summed E-state index contributed by atoms with van der Waals surface area (Å²) in [5, 5.41) is 0. The van der Waals surface area contributed by atoms with Crippen molar-refractivity contribution in [3.63, 3.8) is 0 Å². The fourth-order valence-electron chi connectivity index (χ4n) is 1.31. The Balaban J connectivity index is 2.62. The zero-order chi connectivity index (χ0) is 13.6. The molecular weight excluding hydrogens is 294 g/mol. The first-order valence-corrected chi connectivity index (χ1v) is 8.50. The summed E-state index contributed by atoms with van der Waals surface area (Å²) in [6.07, 6.45) is 0.850. The van der Waals surface area contributed by atoms with Gasteiger partial charge in [-0.3, -0.25) is 0 Å². The number of sulfonamides is 1. The van der Waals surface area contributed by atoms with E-state index in [4.69, 9.17) is 16.3 Å². The molecule has 0 fully saturated rings. The Morgan fingerprint density at radius 3 is 2.67 bits per heavy atom. The summed E-state index contributed by atoms with van der Waals surface area (Å²) in [6, 6.07) is 3.52. The van der Waals surface area contributed by atoms with Crippen molar-refractivity contribution < 1.29 is 13.2 Å². The Kier molecular flexibility index (Phi) is 6.59. The molecule has 4 nitrogen and oxygen atoms in total. The molecule has 0 aromatic carbocycles. The van der Waals surface area contributed by atoms with Gasteiger partial charge in [0.2, 0.25) is 0 Å². The van der Waals surface area contributed by atoms with Crippen LogP contribution in [0.1, 0.15) is 11.8 Å². The summed E-state index contributed by atoms with van der Waals surface area (Å²) in [5.41, 5.74) is 0. The maximum atomic E-state index is 12.2. The van der Waals surface area contributed by atoms with E-state index in [9.17, 15) is 8.42 Å². The van der Waals surface area contributed by atoms with Crippen molar-refractivity contribution in [2.24, 2.45) is 0 Å². The second-order valence-electron chi connectivity index (χ2n) is 3.70. The number of alkyl halides is 1. The molecule has 0 unspecified atom stereocenters. The molecule has 104 valence electrons. The molecule has 0 amide bonds. The summed E-state index contributed by atoms with van der Waals surface area (Å²) >= 11 is 6.79. The third-order valence-electron chi connectivity index (χ3n) is 2.42. The van der Waals surface area contributed by atoms with E-state index in [0.717, 1.165) is 11.3 Å². The fraction of sp³-hybridized carbons (Fsp3) is 0.636. The summed E-state index contributed by atoms with van der Waals surface area (Å²) in [5.74, 6) is 0.418. The number of nitrogens with zero attached hydrogens (tertiary/aromatic N) is 1. The molecule has 0 N–H and O–H groups in total. The summed E-state index contributed by atoms with van der Waals surface area (Å²) in [6.45, 7) is 3.13. The lowest BCUT2D eigenvalue weighted by Gasteiger charge is -2.15. The minimum Gasteiger partial charge on any atom is -0.379 e. The zero-order valence-electron chi connectivity index (χ0n) is 10.6. The number of aryl methyl sites for hydroxylation is 1. The third kappa shape index (κ3) is 4.20. The molecule has 7 heteroatoms. The molecule has 0 aliphatic rings. The van der Waals surface area contributed by atoms with E-state index in [-0.39, 0.29) is 0 Å². The van der Waals surface area contributed by atoms with Gasteiger partial charge in [-0.2, -0.15) is 4.31 Å². The van der Waals surface area contributed by atoms with Crippen LogP contribution in [0.3, 0.4) is 0 Å². The van der Waals surface area contributed by atoms with Crippen molar-refractivity contribution >= 4 is 33.0 Å². The molecular formula is C11H18ClNO3S2. The van der Waals surface area contributed by atoms with Crippen LogP contribution in [0.5, 0.6) is 0 Å². The second kappa shape index (κ2) is 7.45. The predicted octanol–water partition coefficient (Wildman–Crippen LogP) is 2.19. The summed E-state index contributed by atoms with van der Waals surface area (Å²) in [7, 11) is -1.82. The van der Waals surface area contributed by atoms with Crippen molar-refractivity contribution in [1.82, 2.24) is 4.31 Å². The molecule has 1 aromatic rings. The number of thiophene rings is 1. The Bertz CT molecular complexity index is 459. The zero-order valence-corrected chi connectivity index (χ0v) is 12.9. The number of hydrogen-bond acceptors (Lipinski definition) is 4. The number of likely N-dealkylation sites (N-methyl/N-ethyl adjacent to an activating group) is 1. The SMILES string of the molecule is CCc1ccc(S(=O)(=O)N(C)CCOCCCl)s1. The number of ether oxygens (including phenoxy) is 1. The third-order valence-corrected chi connectivity index (χ3v) is 6.13. The Morgan fingerprint density at radius 1 is 1.39 bits per heavy atom. The number of halogens is 1. The molecule has 0 aliphatic carbocycles. The normalized spacial score (nSPS) is 12.2. The Morgan fingerprint density at radius 2 is 2.11 bits per heavy atom. The molecule has 0 spiro atoms. The Hall–Kier alpha value is -0.140. The average molecular weight is 312 g/mol. The van der Waals surface area contributed by atoms with Gasteiger partial charge < -0.3 is 4.74 Å². The molecule has 18 heavy (non-hydrogen) atoms. The van der Waals surface area contributed by atoms with E-state index in [0.29, 0.717) is 29.8 Å². The standard InChI is InChI=1S/C11H18ClNO3S2/c1-3-10-4-5-11(17-10)18(14,15)13(2)7-9-16-8-6-12/h4-5H,3,6-9H2,1-2H3. The van der Waals surface area contributed by atoms with Gasteiger partial charge in [0.1, 0.15) is 4.21 Å². The number of hydrogen-bond donors (Lipinski definition) is 0. The van der Waals surface area contributed by atoms with Crippen LogP contribution in [0.2, 0.25) is 0 Å². The minimum absolute atomic E-state index is 0.332. The highest BCUT2D eigenvalue weighted by Gasteiger charge is 2.22. The van der Waals surface area contributed by atoms with Crippen LogP contribution < -0.4 is 0 Å². The van der Waals surface area contributed by atoms with Gasteiger partial charge in [0.15, 0.2) is 0 Å². The van der Waals surface area contributed by atoms with Gasteiger partial charge in [0.25, 0.3) is 10.0 Å². The highest BCUT2D eigenvalue weighted by atomic mass is 35.5. The molecule has 1 rings (SSSR count). The van der Waals surface area contributed by atoms with Crippen molar-refractivity contribution in [2.45, 2.75) is 17.6 Å². The molecule has 0 saturated heterocycles. The largest absolute Gasteiger partial charge is 0.379 e. The van der Waals surface area contributed by atoms with E-state index in [1.807, 2.05) is 13.0 Å². The highest BCUT2D eigenvalue weighted by molar-refractivity contribution is 7.91. The maximum Gasteiger partial charge on any atom is 0.252 e. The van der Waals surface area contributed by atoms with E-state index >= 15 is 0 Å². The first kappa shape index (κ1) is 15.9. The molecule has 1 heterocycles. The van der Waals surface area contributed by atoms with E-state index in [1.165, 1.54) is 15.6 Å². The smallest absolute Gasteiger partial charge is 0.252 e. The lowest BCUT2D eigenvalue weighted by molar-refractivity contribution is 0.140. The van der Waals surface area contributed by atoms with E-state index in [1.54, 1.807) is 13.1 Å². The maximum absolute atomic E-state index is 12.2. The van der Waals surface area contributed by atoms with Crippen LogP contribution in [0.4, 0.5) is 0 Å². The van der Waals surface area contributed by atoms with E-state index < -0.39 is 10.0 Å². The molecule has 0 radical (unpaired) electrons. The Labute approximate surface area is 118 Å². The molecule has 0 atom stereocenters. The summed E-state index contributed by atoms with van der Waals surface area (Å²) in [4.78, 5) is 1.07. The molecule has 0 aliphatic heterocycles. The van der Waals surface area contributed by atoms with Crippen LogP contribution in [0.25, 0.3) is 0 Å². The van der Waals surface area contributed by atoms with Crippen LogP contribution >= 0.6 is 22.9 Å². The van der Waals surface area contributed by atoms with Gasteiger partial charge in [-0.1, -0.05) is 6.92 Å². The monoisotopic (exact) mass is 311 g/mol. The lowest BCUT2D eigenvalue weighted by Crippen LogP contribution is -2.29. The van der Waals surface area contributed by atoms with Gasteiger partial charge in [-0.15, -0.1) is 22.9 Å². The lowest BCUT2D eigenvalue weighted by atomic mass is 10.4. The quantitative estimate of drug-likeness (QED) is 0.546. The van der Waals surface area contributed by atoms with Crippen LogP contribution in [0, 0.1) is 0 Å². The molecule has 1 aromatic heterocycles. The van der Waals surface area contributed by atoms with Crippen LogP contribution in [-0.2, 0) is 21.2 Å². The van der Waals surface area contributed by atoms with Crippen molar-refractivity contribution in [3.8, 4) is 0 Å². The van der Waals surface area contributed by atoms with Crippen molar-refractivity contribution in [2.75, 3.05) is 32.7 Å². The molecule has 0 bridgehead atoms. The fourth-order valence-corrected chi connectivity index (χ4v) is 4.08. The van der Waals surface area contributed by atoms with Crippen molar-refractivity contribution in [3.05, 3.63) is 17.0 Å². The summed E-state index contributed by atoms with van der Waals surface area (Å²) < 4.78 is 31.2. The highest BCUT2D eigenvalue weighted by Crippen LogP contribution is 2.24. The van der Waals surface area contributed by atoms with Gasteiger partial charge in [0.05, 0.1) is 13.2 Å². The first-order chi connectivity index (χ1) is 8.52. The van der Waals surface area contributed by atoms with Crippen molar-refractivity contribution in [1.29, 1.82) is 0 Å². The van der Waals surface area contributed by atoms with Crippen LogP contribution in [0.15, 0.2) is 16.3 Å². The first-order valence-electron chi connectivity index (χ1n) is 5.71. The number of rotatable bonds is 8. The van der Waals surface area contributed by atoms with Gasteiger partial charge >= 0.3 is 0 Å². The minimum atomic E-state index is -3.38. The van der Waals surface area contributed by atoms with Gasteiger partial charge in [0, 0.05) is 24.3 Å². The predicted molar refractivity (Wildman–Crippen MR) is 75.1 cm³/mol. The van der Waals surface area contributed by atoms with Gasteiger partial charge in [-0.05, 0) is 18.6 Å².